The van der Waals surface area contributed by atoms with Crippen molar-refractivity contribution in [2.45, 2.75) is 38.3 Å². The lowest BCUT2D eigenvalue weighted by Gasteiger charge is -2.13. The van der Waals surface area contributed by atoms with Crippen molar-refractivity contribution in [3.8, 4) is 28.5 Å². The Labute approximate surface area is 216 Å². The number of amides is 2. The summed E-state index contributed by atoms with van der Waals surface area (Å²) in [5.74, 6) is -0.354. The van der Waals surface area contributed by atoms with Gasteiger partial charge in [0.2, 0.25) is 0 Å². The number of nitrogens with one attached hydrogen (secondary N) is 2. The minimum absolute atomic E-state index is 0.155. The number of aromatic nitrogens is 4. The number of aryl methyl sites for hydroxylation is 1. The maximum Gasteiger partial charge on any atom is 0.404 e. The summed E-state index contributed by atoms with van der Waals surface area (Å²) in [4.78, 5) is 32.9. The Bertz CT molecular complexity index is 1560. The molecular formula is C26H22ClN7O3. The van der Waals surface area contributed by atoms with Gasteiger partial charge in [0.25, 0.3) is 5.91 Å². The number of nitriles is 1. The zero-order valence-electron chi connectivity index (χ0n) is 19.8. The number of fused-ring (bicyclic) bond motifs is 1. The molecule has 11 heteroatoms. The normalized spacial score (nSPS) is 16.9. The molecular weight excluding hydrogens is 494 g/mol. The van der Waals surface area contributed by atoms with Gasteiger partial charge in [0.1, 0.15) is 16.5 Å². The Hall–Kier alpha value is -4.49. The Morgan fingerprint density at radius 3 is 2.62 bits per heavy atom. The first-order valence-electron chi connectivity index (χ1n) is 11.7. The van der Waals surface area contributed by atoms with E-state index in [0.717, 1.165) is 11.1 Å². The number of benzene rings is 1. The highest BCUT2D eigenvalue weighted by Gasteiger charge is 2.28. The van der Waals surface area contributed by atoms with Crippen LogP contribution in [0.1, 0.15) is 41.0 Å². The average Bonchev–Trinajstić information content (AvgIpc) is 3.46. The van der Waals surface area contributed by atoms with Crippen LogP contribution in [0.25, 0.3) is 28.0 Å². The number of hydrogen-bond donors (Lipinski definition) is 3. The molecule has 1 fully saturated rings. The van der Waals surface area contributed by atoms with E-state index < -0.39 is 6.09 Å². The first kappa shape index (κ1) is 24.2. The standard InChI is InChI=1S/C26H22ClN7O3/c1-14-9-17(11-21(27)29-14)22-23(16-4-2-3-15(10-16)13-28)33-34-8-7-20(32-24(22)34)25(35)30-18-5-6-19(12-18)31-26(36)37/h2-4,7-11,18-19,31H,5-6,12H2,1H3,(H,30,35)(H,36,37)/t18-,19-/m0/s1. The minimum atomic E-state index is -1.07. The van der Waals surface area contributed by atoms with E-state index in [-0.39, 0.29) is 23.7 Å². The largest absolute Gasteiger partial charge is 0.465 e. The van der Waals surface area contributed by atoms with Crippen molar-refractivity contribution >= 4 is 29.2 Å². The van der Waals surface area contributed by atoms with Gasteiger partial charge < -0.3 is 15.7 Å². The van der Waals surface area contributed by atoms with Crippen LogP contribution in [0.15, 0.2) is 48.7 Å². The van der Waals surface area contributed by atoms with Crippen LogP contribution in [0.4, 0.5) is 4.79 Å². The number of nitrogens with zero attached hydrogens (tertiary/aromatic N) is 5. The molecule has 37 heavy (non-hydrogen) atoms. The van der Waals surface area contributed by atoms with Crippen molar-refractivity contribution in [1.82, 2.24) is 30.2 Å². The molecule has 0 aliphatic heterocycles. The van der Waals surface area contributed by atoms with Crippen LogP contribution in [0.3, 0.4) is 0 Å². The van der Waals surface area contributed by atoms with Crippen LogP contribution in [-0.2, 0) is 0 Å². The lowest BCUT2D eigenvalue weighted by atomic mass is 10.00. The van der Waals surface area contributed by atoms with E-state index in [1.54, 1.807) is 41.0 Å². The summed E-state index contributed by atoms with van der Waals surface area (Å²) in [6, 6.07) is 14.1. The molecule has 1 aromatic carbocycles. The third kappa shape index (κ3) is 5.08. The molecule has 4 aromatic rings. The SMILES string of the molecule is Cc1cc(-c2c(-c3cccc(C#N)c3)nn3ccc(C(=O)N[C@H]4CC[C@H](NC(=O)O)C4)nc23)cc(Cl)n1. The number of halogens is 1. The summed E-state index contributed by atoms with van der Waals surface area (Å²) < 4.78 is 1.59. The molecule has 3 aromatic heterocycles. The van der Waals surface area contributed by atoms with E-state index in [9.17, 15) is 14.9 Å². The van der Waals surface area contributed by atoms with Crippen molar-refractivity contribution in [2.24, 2.45) is 0 Å². The molecule has 3 heterocycles. The highest BCUT2D eigenvalue weighted by atomic mass is 35.5. The van der Waals surface area contributed by atoms with Crippen LogP contribution in [0, 0.1) is 18.3 Å². The van der Waals surface area contributed by atoms with Crippen molar-refractivity contribution in [1.29, 1.82) is 5.26 Å². The van der Waals surface area contributed by atoms with Gasteiger partial charge >= 0.3 is 6.09 Å². The van der Waals surface area contributed by atoms with E-state index in [4.69, 9.17) is 21.8 Å². The summed E-state index contributed by atoms with van der Waals surface area (Å²) in [5.41, 5.74) is 4.54. The van der Waals surface area contributed by atoms with Gasteiger partial charge in [-0.15, -0.1) is 0 Å². The summed E-state index contributed by atoms with van der Waals surface area (Å²) in [7, 11) is 0. The van der Waals surface area contributed by atoms with E-state index >= 15 is 0 Å². The lowest BCUT2D eigenvalue weighted by molar-refractivity contribution is 0.0932. The third-order valence-corrected chi connectivity index (χ3v) is 6.48. The second kappa shape index (κ2) is 9.87. The highest BCUT2D eigenvalue weighted by molar-refractivity contribution is 6.29. The van der Waals surface area contributed by atoms with Crippen molar-refractivity contribution in [3.05, 3.63) is 70.8 Å². The number of pyridine rings is 1. The second-order valence-electron chi connectivity index (χ2n) is 8.95. The van der Waals surface area contributed by atoms with Gasteiger partial charge in [-0.1, -0.05) is 23.7 Å². The summed E-state index contributed by atoms with van der Waals surface area (Å²) in [5, 5.41) is 28.8. The van der Waals surface area contributed by atoms with Crippen LogP contribution < -0.4 is 10.6 Å². The second-order valence-corrected chi connectivity index (χ2v) is 9.33. The van der Waals surface area contributed by atoms with Crippen LogP contribution in [0.2, 0.25) is 5.15 Å². The molecule has 2 amide bonds. The molecule has 1 aliphatic carbocycles. The predicted molar refractivity (Wildman–Crippen MR) is 136 cm³/mol. The Morgan fingerprint density at radius 2 is 1.89 bits per heavy atom. The maximum atomic E-state index is 13.1. The van der Waals surface area contributed by atoms with Crippen molar-refractivity contribution in [2.75, 3.05) is 0 Å². The van der Waals surface area contributed by atoms with Gasteiger partial charge in [-0.05, 0) is 62.1 Å². The first-order valence-corrected chi connectivity index (χ1v) is 12.0. The molecule has 1 aliphatic rings. The minimum Gasteiger partial charge on any atom is -0.465 e. The number of carboxylic acid groups (broad SMARTS) is 1. The molecule has 186 valence electrons. The summed E-state index contributed by atoms with van der Waals surface area (Å²) in [6.07, 6.45) is 2.44. The summed E-state index contributed by atoms with van der Waals surface area (Å²) >= 11 is 6.28. The average molecular weight is 516 g/mol. The molecule has 10 nitrogen and oxygen atoms in total. The van der Waals surface area contributed by atoms with Gasteiger partial charge in [-0.3, -0.25) is 4.79 Å². The number of hydrogen-bond acceptors (Lipinski definition) is 6. The van der Waals surface area contributed by atoms with E-state index in [2.05, 4.69) is 26.7 Å². The molecule has 2 atom stereocenters. The Balaban J connectivity index is 1.56. The topological polar surface area (TPSA) is 145 Å². The molecule has 0 spiro atoms. The van der Waals surface area contributed by atoms with Crippen molar-refractivity contribution in [3.63, 3.8) is 0 Å². The maximum absolute atomic E-state index is 13.1. The van der Waals surface area contributed by atoms with Gasteiger partial charge in [-0.2, -0.15) is 10.4 Å². The highest BCUT2D eigenvalue weighted by Crippen LogP contribution is 2.36. The molecule has 0 saturated heterocycles. The van der Waals surface area contributed by atoms with Gasteiger partial charge in [0.15, 0.2) is 5.65 Å². The number of rotatable bonds is 5. The van der Waals surface area contributed by atoms with Gasteiger partial charge in [-0.25, -0.2) is 19.3 Å². The molecule has 1 saturated carbocycles. The van der Waals surface area contributed by atoms with Crippen LogP contribution in [0.5, 0.6) is 0 Å². The van der Waals surface area contributed by atoms with Crippen LogP contribution >= 0.6 is 11.6 Å². The zero-order valence-corrected chi connectivity index (χ0v) is 20.5. The Morgan fingerprint density at radius 1 is 1.11 bits per heavy atom. The van der Waals surface area contributed by atoms with E-state index in [1.165, 1.54) is 0 Å². The zero-order chi connectivity index (χ0) is 26.1. The van der Waals surface area contributed by atoms with Gasteiger partial charge in [0.05, 0.1) is 17.2 Å². The number of carbonyl (C=O) groups excluding carboxylic acids is 1. The van der Waals surface area contributed by atoms with Crippen molar-refractivity contribution < 1.29 is 14.7 Å². The van der Waals surface area contributed by atoms with Gasteiger partial charge in [0, 0.05) is 29.5 Å². The fourth-order valence-corrected chi connectivity index (χ4v) is 4.96. The molecule has 0 bridgehead atoms. The molecule has 0 radical (unpaired) electrons. The fourth-order valence-electron chi connectivity index (χ4n) is 4.71. The van der Waals surface area contributed by atoms with E-state index in [0.29, 0.717) is 52.6 Å². The smallest absolute Gasteiger partial charge is 0.404 e. The fraction of sp³-hybridized carbons (Fsp3) is 0.231. The summed E-state index contributed by atoms with van der Waals surface area (Å²) in [6.45, 7) is 1.83. The number of carbonyl (C=O) groups is 2. The van der Waals surface area contributed by atoms with E-state index in [1.807, 2.05) is 19.1 Å². The molecule has 3 N–H and O–H groups in total. The monoisotopic (exact) mass is 515 g/mol. The molecule has 5 rings (SSSR count). The lowest BCUT2D eigenvalue weighted by Crippen LogP contribution is -2.36. The van der Waals surface area contributed by atoms with Crippen LogP contribution in [-0.4, -0.2) is 48.8 Å². The predicted octanol–water partition coefficient (Wildman–Crippen LogP) is 4.21. The Kier molecular flexibility index (Phi) is 6.46. The quantitative estimate of drug-likeness (QED) is 0.337. The molecule has 0 unspecified atom stereocenters. The first-order chi connectivity index (χ1) is 17.8. The third-order valence-electron chi connectivity index (χ3n) is 6.29.